The van der Waals surface area contributed by atoms with Gasteiger partial charge in [0, 0.05) is 14.1 Å². The van der Waals surface area contributed by atoms with Crippen LogP contribution in [0.25, 0.3) is 0 Å². The van der Waals surface area contributed by atoms with Crippen LogP contribution >= 0.6 is 0 Å². The van der Waals surface area contributed by atoms with Gasteiger partial charge in [-0.15, -0.1) is 0 Å². The molecule has 5 N–H and O–H groups in total. The van der Waals surface area contributed by atoms with Gasteiger partial charge in [0.15, 0.2) is 5.75 Å². The fraction of sp³-hybridized carbons (Fsp3) is 0.353. The average Bonchev–Trinajstić information content (AvgIpc) is 2.95. The lowest BCUT2D eigenvalue weighted by molar-refractivity contribution is 0.0824. The van der Waals surface area contributed by atoms with Crippen LogP contribution < -0.4 is 11.5 Å². The molecule has 1 amide bonds. The Hall–Kier alpha value is -2.47. The van der Waals surface area contributed by atoms with E-state index in [0.29, 0.717) is 0 Å². The Kier molecular flexibility index (Phi) is 6.65. The molecular weight excluding hydrogens is 294 g/mol. The number of aryl methyl sites for hydroxylation is 1. The molecule has 0 saturated heterocycles. The molecule has 0 bridgehead atoms. The highest BCUT2D eigenvalue weighted by molar-refractivity contribution is 5.98. The van der Waals surface area contributed by atoms with Crippen molar-refractivity contribution in [3.05, 3.63) is 47.4 Å². The molecule has 1 heterocycles. The largest absolute Gasteiger partial charge is 0.505 e. The standard InChI is InChI=1S/C9H12N2O2.C8H13NO/c1-11(2)9(13)6-4-3-5-7(10)8(6)12;1-3-7(9)8-5-4-6(2)10-8/h3-5,12H,10H2,1-2H3;4-5,7H,3,9H2,1-2H3/t;7-/m.1/s1. The number of aromatic hydroxyl groups is 1. The zero-order valence-corrected chi connectivity index (χ0v) is 14.0. The van der Waals surface area contributed by atoms with Gasteiger partial charge in [0.25, 0.3) is 5.91 Å². The molecule has 1 aromatic heterocycles. The molecule has 0 fully saturated rings. The van der Waals surface area contributed by atoms with E-state index in [1.807, 2.05) is 26.0 Å². The van der Waals surface area contributed by atoms with E-state index in [4.69, 9.17) is 15.9 Å². The van der Waals surface area contributed by atoms with Gasteiger partial charge in [-0.3, -0.25) is 4.79 Å². The van der Waals surface area contributed by atoms with E-state index in [-0.39, 0.29) is 28.9 Å². The predicted molar refractivity (Wildman–Crippen MR) is 91.2 cm³/mol. The summed E-state index contributed by atoms with van der Waals surface area (Å²) in [6.45, 7) is 3.97. The third-order valence-corrected chi connectivity index (χ3v) is 3.27. The van der Waals surface area contributed by atoms with Gasteiger partial charge in [0.2, 0.25) is 0 Å². The number of rotatable bonds is 3. The van der Waals surface area contributed by atoms with Crippen LogP contribution in [-0.4, -0.2) is 30.0 Å². The van der Waals surface area contributed by atoms with Gasteiger partial charge in [0.1, 0.15) is 11.5 Å². The molecule has 0 aliphatic carbocycles. The van der Waals surface area contributed by atoms with Crippen molar-refractivity contribution in [2.45, 2.75) is 26.3 Å². The maximum absolute atomic E-state index is 11.4. The molecule has 1 aromatic carbocycles. The number of nitrogens with two attached hydrogens (primary N) is 2. The fourth-order valence-electron chi connectivity index (χ4n) is 1.83. The summed E-state index contributed by atoms with van der Waals surface area (Å²) in [6, 6.07) is 8.64. The summed E-state index contributed by atoms with van der Waals surface area (Å²) >= 11 is 0. The van der Waals surface area contributed by atoms with Crippen LogP contribution in [-0.2, 0) is 0 Å². The number of nitrogens with zero attached hydrogens (tertiary/aromatic N) is 1. The lowest BCUT2D eigenvalue weighted by Crippen LogP contribution is -2.21. The lowest BCUT2D eigenvalue weighted by atomic mass is 10.1. The molecule has 1 atom stereocenters. The molecule has 2 aromatic rings. The van der Waals surface area contributed by atoms with Gasteiger partial charge in [-0.2, -0.15) is 0 Å². The van der Waals surface area contributed by atoms with Crippen LogP contribution in [0.15, 0.2) is 34.7 Å². The van der Waals surface area contributed by atoms with Crippen LogP contribution in [0.5, 0.6) is 5.75 Å². The maximum atomic E-state index is 11.4. The minimum Gasteiger partial charge on any atom is -0.505 e. The summed E-state index contributed by atoms with van der Waals surface area (Å²) in [4.78, 5) is 12.8. The summed E-state index contributed by atoms with van der Waals surface area (Å²) < 4.78 is 5.31. The number of amides is 1. The van der Waals surface area contributed by atoms with E-state index in [1.165, 1.54) is 11.0 Å². The Morgan fingerprint density at radius 2 is 1.96 bits per heavy atom. The van der Waals surface area contributed by atoms with E-state index in [1.54, 1.807) is 26.2 Å². The maximum Gasteiger partial charge on any atom is 0.257 e. The van der Waals surface area contributed by atoms with Crippen molar-refractivity contribution >= 4 is 11.6 Å². The third-order valence-electron chi connectivity index (χ3n) is 3.27. The van der Waals surface area contributed by atoms with Crippen LogP contribution in [0.2, 0.25) is 0 Å². The zero-order chi connectivity index (χ0) is 17.6. The van der Waals surface area contributed by atoms with Gasteiger partial charge in [0.05, 0.1) is 17.3 Å². The molecule has 23 heavy (non-hydrogen) atoms. The Labute approximate surface area is 136 Å². The number of phenolic OH excluding ortho intramolecular Hbond substituents is 1. The number of phenols is 1. The Morgan fingerprint density at radius 1 is 1.30 bits per heavy atom. The summed E-state index contributed by atoms with van der Waals surface area (Å²) in [5.74, 6) is 1.41. The predicted octanol–water partition coefficient (Wildman–Crippen LogP) is 2.67. The zero-order valence-electron chi connectivity index (χ0n) is 14.0. The number of hydrogen-bond acceptors (Lipinski definition) is 5. The normalized spacial score (nSPS) is 11.3. The first-order valence-electron chi connectivity index (χ1n) is 7.38. The first-order chi connectivity index (χ1) is 10.8. The van der Waals surface area contributed by atoms with E-state index in [0.717, 1.165) is 17.9 Å². The van der Waals surface area contributed by atoms with Gasteiger partial charge in [-0.25, -0.2) is 0 Å². The summed E-state index contributed by atoms with van der Waals surface area (Å²) in [6.07, 6.45) is 0.924. The van der Waals surface area contributed by atoms with E-state index in [9.17, 15) is 9.90 Å². The molecule has 126 valence electrons. The third kappa shape index (κ3) is 5.03. The van der Waals surface area contributed by atoms with E-state index >= 15 is 0 Å². The first-order valence-corrected chi connectivity index (χ1v) is 7.38. The van der Waals surface area contributed by atoms with Crippen LogP contribution in [0.1, 0.15) is 41.3 Å². The second-order valence-corrected chi connectivity index (χ2v) is 5.41. The number of para-hydroxylation sites is 1. The number of carbonyl (C=O) groups excluding carboxylic acids is 1. The molecule has 0 aliphatic rings. The number of anilines is 1. The van der Waals surface area contributed by atoms with Crippen LogP contribution in [0.3, 0.4) is 0 Å². The Balaban J connectivity index is 0.000000238. The lowest BCUT2D eigenvalue weighted by Gasteiger charge is -2.11. The SMILES string of the molecule is CC[C@@H](N)c1ccc(C)o1.CN(C)C(=O)c1cccc(N)c1O. The quantitative estimate of drug-likeness (QED) is 0.596. The van der Waals surface area contributed by atoms with Crippen molar-refractivity contribution in [1.29, 1.82) is 0 Å². The number of benzene rings is 1. The van der Waals surface area contributed by atoms with Crippen LogP contribution in [0, 0.1) is 6.92 Å². The smallest absolute Gasteiger partial charge is 0.257 e. The minimum atomic E-state index is -0.259. The van der Waals surface area contributed by atoms with Crippen molar-refractivity contribution in [2.24, 2.45) is 5.73 Å². The van der Waals surface area contributed by atoms with Crippen molar-refractivity contribution in [3.63, 3.8) is 0 Å². The number of nitrogen functional groups attached to an aromatic ring is 1. The van der Waals surface area contributed by atoms with Crippen molar-refractivity contribution in [3.8, 4) is 5.75 Å². The first kappa shape index (κ1) is 18.6. The summed E-state index contributed by atoms with van der Waals surface area (Å²) in [5, 5.41) is 9.44. The second-order valence-electron chi connectivity index (χ2n) is 5.41. The fourth-order valence-corrected chi connectivity index (χ4v) is 1.83. The van der Waals surface area contributed by atoms with Gasteiger partial charge < -0.3 is 25.9 Å². The van der Waals surface area contributed by atoms with Crippen LogP contribution in [0.4, 0.5) is 5.69 Å². The van der Waals surface area contributed by atoms with Crippen molar-refractivity contribution < 1.29 is 14.3 Å². The topological polar surface area (TPSA) is 106 Å². The Morgan fingerprint density at radius 3 is 2.43 bits per heavy atom. The minimum absolute atomic E-state index is 0.0636. The molecule has 0 aliphatic heterocycles. The molecule has 6 heteroatoms. The average molecular weight is 319 g/mol. The molecule has 0 spiro atoms. The van der Waals surface area contributed by atoms with E-state index < -0.39 is 0 Å². The van der Waals surface area contributed by atoms with Gasteiger partial charge in [-0.05, 0) is 37.6 Å². The molecular formula is C17H25N3O3. The highest BCUT2D eigenvalue weighted by Crippen LogP contribution is 2.24. The number of carbonyl (C=O) groups is 1. The van der Waals surface area contributed by atoms with Crippen molar-refractivity contribution in [1.82, 2.24) is 4.90 Å². The molecule has 2 rings (SSSR count). The molecule has 0 unspecified atom stereocenters. The van der Waals surface area contributed by atoms with Crippen molar-refractivity contribution in [2.75, 3.05) is 19.8 Å². The monoisotopic (exact) mass is 319 g/mol. The number of furan rings is 1. The highest BCUT2D eigenvalue weighted by Gasteiger charge is 2.13. The summed E-state index contributed by atoms with van der Waals surface area (Å²) in [5.41, 5.74) is 11.6. The highest BCUT2D eigenvalue weighted by atomic mass is 16.3. The molecule has 0 saturated carbocycles. The van der Waals surface area contributed by atoms with Gasteiger partial charge in [-0.1, -0.05) is 13.0 Å². The molecule has 6 nitrogen and oxygen atoms in total. The Bertz CT molecular complexity index is 650. The van der Waals surface area contributed by atoms with Gasteiger partial charge >= 0.3 is 0 Å². The van der Waals surface area contributed by atoms with E-state index in [2.05, 4.69) is 0 Å². The molecule has 0 radical (unpaired) electrons. The second kappa shape index (κ2) is 8.24. The number of hydrogen-bond donors (Lipinski definition) is 3. The summed E-state index contributed by atoms with van der Waals surface area (Å²) in [7, 11) is 3.23.